The summed E-state index contributed by atoms with van der Waals surface area (Å²) in [6.07, 6.45) is 0. The highest BCUT2D eigenvalue weighted by atomic mass is 35.5. The van der Waals surface area contributed by atoms with Gasteiger partial charge in [-0.1, -0.05) is 11.6 Å². The lowest BCUT2D eigenvalue weighted by molar-refractivity contribution is -0.138. The Bertz CT molecular complexity index is 214. The van der Waals surface area contributed by atoms with E-state index in [1.165, 1.54) is 0 Å². The Morgan fingerprint density at radius 3 is 1.42 bits per heavy atom. The third-order valence-corrected chi connectivity index (χ3v) is 1.72. The maximum atomic E-state index is 12.3. The van der Waals surface area contributed by atoms with Crippen LogP contribution in [0.1, 0.15) is 0 Å². The molecule has 0 aromatic carbocycles. The predicted molar refractivity (Wildman–Crippen MR) is 31.1 cm³/mol. The molecule has 70 valence electrons. The number of alkyl halides is 7. The molecule has 0 saturated heterocycles. The summed E-state index contributed by atoms with van der Waals surface area (Å²) >= 11 is 8.00. The van der Waals surface area contributed by atoms with Gasteiger partial charge in [-0.15, -0.1) is 0 Å². The second-order valence-electron chi connectivity index (χ2n) is 1.76. The third-order valence-electron chi connectivity index (χ3n) is 0.891. The van der Waals surface area contributed by atoms with Crippen molar-refractivity contribution in [1.29, 1.82) is 5.26 Å². The standard InChI is InChI=1S/C4Cl2F5N/c5-3(9,4(6,10)11)2(7,8)1-12. The number of nitriles is 1. The molecule has 0 bridgehead atoms. The van der Waals surface area contributed by atoms with E-state index in [0.717, 1.165) is 0 Å². The lowest BCUT2D eigenvalue weighted by Crippen LogP contribution is -2.49. The second-order valence-corrected chi connectivity index (χ2v) is 2.75. The van der Waals surface area contributed by atoms with Crippen LogP contribution in [-0.4, -0.2) is 16.4 Å². The summed E-state index contributed by atoms with van der Waals surface area (Å²) in [5, 5.41) is -2.35. The SMILES string of the molecule is N#CC(F)(F)C(F)(Cl)C(F)(F)Cl. The minimum Gasteiger partial charge on any atom is -0.210 e. The lowest BCUT2D eigenvalue weighted by Gasteiger charge is -2.25. The van der Waals surface area contributed by atoms with Crippen LogP contribution in [0.5, 0.6) is 0 Å². The van der Waals surface area contributed by atoms with Gasteiger partial charge in [0.05, 0.1) is 0 Å². The molecule has 0 fully saturated rings. The van der Waals surface area contributed by atoms with E-state index in [1.807, 2.05) is 0 Å². The van der Waals surface area contributed by atoms with Crippen molar-refractivity contribution in [2.75, 3.05) is 0 Å². The van der Waals surface area contributed by atoms with Crippen LogP contribution >= 0.6 is 23.2 Å². The van der Waals surface area contributed by atoms with Crippen LogP contribution in [0.4, 0.5) is 22.0 Å². The van der Waals surface area contributed by atoms with Crippen LogP contribution in [0, 0.1) is 11.3 Å². The average Bonchev–Trinajstić information content (AvgIpc) is 1.85. The molecule has 0 aliphatic rings. The van der Waals surface area contributed by atoms with Gasteiger partial charge in [-0.3, -0.25) is 0 Å². The van der Waals surface area contributed by atoms with Gasteiger partial charge in [0.25, 0.3) is 0 Å². The van der Waals surface area contributed by atoms with Gasteiger partial charge in [0.2, 0.25) is 0 Å². The molecule has 1 unspecified atom stereocenters. The van der Waals surface area contributed by atoms with E-state index in [-0.39, 0.29) is 6.07 Å². The molecular formula is C4Cl2F5N. The number of hydrogen-bond acceptors (Lipinski definition) is 1. The minimum absolute atomic E-state index is 0.0166. The molecule has 0 heterocycles. The Balaban J connectivity index is 5.02. The van der Waals surface area contributed by atoms with Crippen LogP contribution < -0.4 is 0 Å². The normalized spacial score (nSPS) is 18.2. The zero-order valence-electron chi connectivity index (χ0n) is 5.09. The molecule has 0 aromatic rings. The van der Waals surface area contributed by atoms with E-state index in [4.69, 9.17) is 5.26 Å². The zero-order chi connectivity index (χ0) is 10.2. The molecule has 0 spiro atoms. The predicted octanol–water partition coefficient (Wildman–Crippen LogP) is 2.88. The first-order chi connectivity index (χ1) is 5.06. The Labute approximate surface area is 73.7 Å². The Kier molecular flexibility index (Phi) is 2.82. The fourth-order valence-electron chi connectivity index (χ4n) is 0.248. The van der Waals surface area contributed by atoms with Crippen LogP contribution in [-0.2, 0) is 0 Å². The zero-order valence-corrected chi connectivity index (χ0v) is 6.60. The third kappa shape index (κ3) is 1.72. The summed E-state index contributed by atoms with van der Waals surface area (Å²) in [6.45, 7) is 0. The maximum absolute atomic E-state index is 12.3. The van der Waals surface area contributed by atoms with Gasteiger partial charge < -0.3 is 0 Å². The van der Waals surface area contributed by atoms with Crippen LogP contribution in [0.3, 0.4) is 0 Å². The first-order valence-corrected chi connectivity index (χ1v) is 3.05. The summed E-state index contributed by atoms with van der Waals surface area (Å²) < 4.78 is 59.9. The quantitative estimate of drug-likeness (QED) is 0.526. The fourth-order valence-corrected chi connectivity index (χ4v) is 0.409. The Hall–Kier alpha value is -0.280. The maximum Gasteiger partial charge on any atom is 0.386 e. The van der Waals surface area contributed by atoms with Gasteiger partial charge in [-0.05, 0) is 11.6 Å². The van der Waals surface area contributed by atoms with Crippen LogP contribution in [0.15, 0.2) is 0 Å². The topological polar surface area (TPSA) is 23.8 Å². The van der Waals surface area contributed by atoms with Crippen molar-refractivity contribution >= 4 is 23.2 Å². The molecule has 12 heavy (non-hydrogen) atoms. The van der Waals surface area contributed by atoms with Crippen LogP contribution in [0.2, 0.25) is 0 Å². The van der Waals surface area contributed by atoms with Crippen molar-refractivity contribution in [3.05, 3.63) is 0 Å². The van der Waals surface area contributed by atoms with Gasteiger partial charge in [0.1, 0.15) is 6.07 Å². The van der Waals surface area contributed by atoms with Crippen molar-refractivity contribution in [2.45, 2.75) is 16.4 Å². The summed E-state index contributed by atoms with van der Waals surface area (Å²) in [5.74, 6) is -5.06. The molecule has 0 radical (unpaired) electrons. The second kappa shape index (κ2) is 2.89. The first kappa shape index (κ1) is 11.7. The van der Waals surface area contributed by atoms with E-state index < -0.39 is 16.4 Å². The summed E-state index contributed by atoms with van der Waals surface area (Å²) in [5.41, 5.74) is 0. The van der Waals surface area contributed by atoms with Gasteiger partial charge in [-0.2, -0.15) is 22.8 Å². The van der Waals surface area contributed by atoms with Gasteiger partial charge in [-0.25, -0.2) is 4.39 Å². The Morgan fingerprint density at radius 2 is 1.33 bits per heavy atom. The molecule has 0 saturated carbocycles. The number of nitrogens with zero attached hydrogens (tertiary/aromatic N) is 1. The largest absolute Gasteiger partial charge is 0.386 e. The van der Waals surface area contributed by atoms with Crippen molar-refractivity contribution in [1.82, 2.24) is 0 Å². The summed E-state index contributed by atoms with van der Waals surface area (Å²) in [6, 6.07) is -0.0166. The molecule has 0 N–H and O–H groups in total. The molecule has 1 atom stereocenters. The average molecular weight is 228 g/mol. The fraction of sp³-hybridized carbons (Fsp3) is 0.750. The molecule has 1 nitrogen and oxygen atoms in total. The van der Waals surface area contributed by atoms with E-state index in [0.29, 0.717) is 0 Å². The van der Waals surface area contributed by atoms with E-state index >= 15 is 0 Å². The number of halogens is 7. The number of hydrogen-bond donors (Lipinski definition) is 0. The molecule has 0 rings (SSSR count). The molecule has 0 amide bonds. The smallest absolute Gasteiger partial charge is 0.210 e. The van der Waals surface area contributed by atoms with Gasteiger partial charge in [0, 0.05) is 0 Å². The molecular weight excluding hydrogens is 228 g/mol. The lowest BCUT2D eigenvalue weighted by atomic mass is 10.2. The monoisotopic (exact) mass is 227 g/mol. The van der Waals surface area contributed by atoms with E-state index in [9.17, 15) is 22.0 Å². The highest BCUT2D eigenvalue weighted by Crippen LogP contribution is 2.49. The molecule has 0 aromatic heterocycles. The molecule has 0 aliphatic carbocycles. The highest BCUT2D eigenvalue weighted by molar-refractivity contribution is 6.33. The van der Waals surface area contributed by atoms with Crippen molar-refractivity contribution < 1.29 is 22.0 Å². The Morgan fingerprint density at radius 1 is 1.00 bits per heavy atom. The summed E-state index contributed by atoms with van der Waals surface area (Å²) in [7, 11) is 0. The number of rotatable bonds is 2. The summed E-state index contributed by atoms with van der Waals surface area (Å²) in [4.78, 5) is 0. The van der Waals surface area contributed by atoms with E-state index in [2.05, 4.69) is 23.2 Å². The van der Waals surface area contributed by atoms with Gasteiger partial charge in [0.15, 0.2) is 0 Å². The van der Waals surface area contributed by atoms with Crippen molar-refractivity contribution in [2.24, 2.45) is 0 Å². The minimum atomic E-state index is -5.06. The highest BCUT2D eigenvalue weighted by Gasteiger charge is 2.69. The van der Waals surface area contributed by atoms with Gasteiger partial charge >= 0.3 is 16.4 Å². The van der Waals surface area contributed by atoms with Crippen molar-refractivity contribution in [3.63, 3.8) is 0 Å². The van der Waals surface area contributed by atoms with Crippen molar-refractivity contribution in [3.8, 4) is 6.07 Å². The first-order valence-electron chi connectivity index (χ1n) is 2.30. The van der Waals surface area contributed by atoms with Crippen LogP contribution in [0.25, 0.3) is 0 Å². The molecule has 0 aliphatic heterocycles. The molecule has 8 heteroatoms. The van der Waals surface area contributed by atoms with E-state index in [1.54, 1.807) is 0 Å².